The number of ether oxygens (including phenoxy) is 1. The standard InChI is InChI=1S/C17H18N2O5S/c1-11-7-8-12(17(18)21)14(9-11)24-10-16(20)19-13-5-3-4-6-15(13)25(2,22)23/h3-9H,10H2,1-2H3,(H2,18,21)(H,19,20). The lowest BCUT2D eigenvalue weighted by Crippen LogP contribution is -2.22. The van der Waals surface area contributed by atoms with E-state index in [2.05, 4.69) is 5.32 Å². The van der Waals surface area contributed by atoms with Crippen LogP contribution in [0.25, 0.3) is 0 Å². The number of nitrogens with two attached hydrogens (primary N) is 1. The third-order valence-electron chi connectivity index (χ3n) is 3.32. The Bertz CT molecular complexity index is 922. The average Bonchev–Trinajstić information content (AvgIpc) is 2.52. The number of sulfone groups is 1. The fraction of sp³-hybridized carbons (Fsp3) is 0.176. The molecule has 0 aliphatic carbocycles. The summed E-state index contributed by atoms with van der Waals surface area (Å²) in [6, 6.07) is 10.9. The maximum atomic E-state index is 12.1. The van der Waals surface area contributed by atoms with Crippen molar-refractivity contribution in [3.05, 3.63) is 53.6 Å². The fourth-order valence-corrected chi connectivity index (χ4v) is 3.02. The van der Waals surface area contributed by atoms with Crippen molar-refractivity contribution < 1.29 is 22.7 Å². The first-order valence-electron chi connectivity index (χ1n) is 7.30. The number of benzene rings is 2. The molecule has 0 radical (unpaired) electrons. The number of carbonyl (C=O) groups is 2. The van der Waals surface area contributed by atoms with E-state index < -0.39 is 28.3 Å². The number of carbonyl (C=O) groups excluding carboxylic acids is 2. The van der Waals surface area contributed by atoms with Gasteiger partial charge < -0.3 is 15.8 Å². The van der Waals surface area contributed by atoms with Crippen LogP contribution in [0, 0.1) is 6.92 Å². The summed E-state index contributed by atoms with van der Waals surface area (Å²) in [4.78, 5) is 23.5. The first kappa shape index (κ1) is 18.5. The van der Waals surface area contributed by atoms with Gasteiger partial charge in [-0.2, -0.15) is 0 Å². The first-order valence-corrected chi connectivity index (χ1v) is 9.20. The lowest BCUT2D eigenvalue weighted by atomic mass is 10.1. The number of para-hydroxylation sites is 1. The molecule has 0 heterocycles. The topological polar surface area (TPSA) is 116 Å². The molecular weight excluding hydrogens is 344 g/mol. The summed E-state index contributed by atoms with van der Waals surface area (Å²) in [5.74, 6) is -1.04. The zero-order valence-electron chi connectivity index (χ0n) is 13.8. The van der Waals surface area contributed by atoms with Gasteiger partial charge in [0, 0.05) is 6.26 Å². The van der Waals surface area contributed by atoms with Gasteiger partial charge in [0.2, 0.25) is 0 Å². The van der Waals surface area contributed by atoms with Crippen LogP contribution in [0.2, 0.25) is 0 Å². The third-order valence-corrected chi connectivity index (χ3v) is 4.48. The van der Waals surface area contributed by atoms with E-state index in [4.69, 9.17) is 10.5 Å². The Kier molecular flexibility index (Phi) is 5.43. The molecule has 2 aromatic carbocycles. The molecule has 0 saturated heterocycles. The van der Waals surface area contributed by atoms with E-state index in [1.165, 1.54) is 18.2 Å². The Hall–Kier alpha value is -2.87. The van der Waals surface area contributed by atoms with Crippen molar-refractivity contribution in [1.29, 1.82) is 0 Å². The molecule has 0 aliphatic heterocycles. The van der Waals surface area contributed by atoms with Gasteiger partial charge in [0.25, 0.3) is 11.8 Å². The zero-order chi connectivity index (χ0) is 18.6. The van der Waals surface area contributed by atoms with Crippen LogP contribution in [0.3, 0.4) is 0 Å². The normalized spacial score (nSPS) is 11.0. The second-order valence-corrected chi connectivity index (χ2v) is 7.45. The molecule has 2 amide bonds. The van der Waals surface area contributed by atoms with E-state index in [1.54, 1.807) is 31.2 Å². The molecule has 8 heteroatoms. The highest BCUT2D eigenvalue weighted by Crippen LogP contribution is 2.22. The number of anilines is 1. The number of aryl methyl sites for hydroxylation is 1. The van der Waals surface area contributed by atoms with Crippen molar-refractivity contribution in [3.63, 3.8) is 0 Å². The Morgan fingerprint density at radius 2 is 1.84 bits per heavy atom. The van der Waals surface area contributed by atoms with Gasteiger partial charge in [0.05, 0.1) is 16.1 Å². The molecule has 2 aromatic rings. The predicted octanol–water partition coefficient (Wildman–Crippen LogP) is 1.51. The van der Waals surface area contributed by atoms with Crippen LogP contribution >= 0.6 is 0 Å². The van der Waals surface area contributed by atoms with Gasteiger partial charge in [-0.3, -0.25) is 9.59 Å². The summed E-state index contributed by atoms with van der Waals surface area (Å²) < 4.78 is 28.9. The lowest BCUT2D eigenvalue weighted by Gasteiger charge is -2.12. The van der Waals surface area contributed by atoms with Crippen molar-refractivity contribution in [3.8, 4) is 5.75 Å². The molecule has 0 aromatic heterocycles. The van der Waals surface area contributed by atoms with E-state index in [0.717, 1.165) is 11.8 Å². The molecule has 132 valence electrons. The Labute approximate surface area is 145 Å². The van der Waals surface area contributed by atoms with E-state index in [-0.39, 0.29) is 21.9 Å². The van der Waals surface area contributed by atoms with Crippen molar-refractivity contribution in [2.24, 2.45) is 5.73 Å². The summed E-state index contributed by atoms with van der Waals surface area (Å²) in [7, 11) is -3.49. The van der Waals surface area contributed by atoms with Crippen LogP contribution in [-0.4, -0.2) is 33.1 Å². The minimum Gasteiger partial charge on any atom is -0.483 e. The van der Waals surface area contributed by atoms with Crippen LogP contribution in [0.15, 0.2) is 47.4 Å². The average molecular weight is 362 g/mol. The number of rotatable bonds is 6. The van der Waals surface area contributed by atoms with E-state index >= 15 is 0 Å². The highest BCUT2D eigenvalue weighted by Gasteiger charge is 2.16. The largest absolute Gasteiger partial charge is 0.483 e. The van der Waals surface area contributed by atoms with Crippen LogP contribution < -0.4 is 15.8 Å². The molecule has 0 saturated carbocycles. The van der Waals surface area contributed by atoms with Crippen LogP contribution in [0.5, 0.6) is 5.75 Å². The van der Waals surface area contributed by atoms with Crippen molar-refractivity contribution in [2.45, 2.75) is 11.8 Å². The number of hydrogen-bond acceptors (Lipinski definition) is 5. The molecule has 0 bridgehead atoms. The Morgan fingerprint density at radius 3 is 2.48 bits per heavy atom. The Balaban J connectivity index is 2.13. The van der Waals surface area contributed by atoms with Gasteiger partial charge in [-0.15, -0.1) is 0 Å². The molecule has 3 N–H and O–H groups in total. The minimum absolute atomic E-state index is 0.0109. The van der Waals surface area contributed by atoms with E-state index in [9.17, 15) is 18.0 Å². The number of nitrogens with one attached hydrogen (secondary N) is 1. The van der Waals surface area contributed by atoms with Gasteiger partial charge in [-0.1, -0.05) is 18.2 Å². The lowest BCUT2D eigenvalue weighted by molar-refractivity contribution is -0.118. The summed E-state index contributed by atoms with van der Waals surface area (Å²) in [5.41, 5.74) is 6.44. The SMILES string of the molecule is Cc1ccc(C(N)=O)c(OCC(=O)Nc2ccccc2S(C)(=O)=O)c1. The molecular formula is C17H18N2O5S. The van der Waals surface area contributed by atoms with E-state index in [1.807, 2.05) is 0 Å². The maximum Gasteiger partial charge on any atom is 0.262 e. The molecule has 0 unspecified atom stereocenters. The minimum atomic E-state index is -3.49. The molecule has 7 nitrogen and oxygen atoms in total. The quantitative estimate of drug-likeness (QED) is 0.808. The summed E-state index contributed by atoms with van der Waals surface area (Å²) in [5, 5.41) is 2.49. The van der Waals surface area contributed by atoms with Gasteiger partial charge >= 0.3 is 0 Å². The zero-order valence-corrected chi connectivity index (χ0v) is 14.6. The van der Waals surface area contributed by atoms with Crippen molar-refractivity contribution in [1.82, 2.24) is 0 Å². The summed E-state index contributed by atoms with van der Waals surface area (Å²) in [6.45, 7) is 1.40. The van der Waals surface area contributed by atoms with Gasteiger partial charge in [-0.05, 0) is 36.8 Å². The highest BCUT2D eigenvalue weighted by molar-refractivity contribution is 7.90. The van der Waals surface area contributed by atoms with Crippen LogP contribution in [0.4, 0.5) is 5.69 Å². The molecule has 2 rings (SSSR count). The van der Waals surface area contributed by atoms with Gasteiger partial charge in [0.1, 0.15) is 5.75 Å². The molecule has 25 heavy (non-hydrogen) atoms. The smallest absolute Gasteiger partial charge is 0.262 e. The maximum absolute atomic E-state index is 12.1. The number of primary amides is 1. The summed E-state index contributed by atoms with van der Waals surface area (Å²) in [6.07, 6.45) is 1.06. The first-order chi connectivity index (χ1) is 11.7. The fourth-order valence-electron chi connectivity index (χ4n) is 2.18. The number of amides is 2. The Morgan fingerprint density at radius 1 is 1.16 bits per heavy atom. The molecule has 0 fully saturated rings. The molecule has 0 atom stereocenters. The second-order valence-electron chi connectivity index (χ2n) is 5.47. The van der Waals surface area contributed by atoms with Gasteiger partial charge in [0.15, 0.2) is 16.4 Å². The third kappa shape index (κ3) is 4.80. The number of hydrogen-bond donors (Lipinski definition) is 2. The van der Waals surface area contributed by atoms with Crippen LogP contribution in [0.1, 0.15) is 15.9 Å². The predicted molar refractivity (Wildman–Crippen MR) is 93.4 cm³/mol. The monoisotopic (exact) mass is 362 g/mol. The highest BCUT2D eigenvalue weighted by atomic mass is 32.2. The van der Waals surface area contributed by atoms with Gasteiger partial charge in [-0.25, -0.2) is 8.42 Å². The van der Waals surface area contributed by atoms with Crippen LogP contribution in [-0.2, 0) is 14.6 Å². The van der Waals surface area contributed by atoms with Crippen molar-refractivity contribution in [2.75, 3.05) is 18.2 Å². The van der Waals surface area contributed by atoms with Crippen molar-refractivity contribution >= 4 is 27.3 Å². The van der Waals surface area contributed by atoms with E-state index in [0.29, 0.717) is 0 Å². The second kappa shape index (κ2) is 7.35. The molecule has 0 aliphatic rings. The molecule has 0 spiro atoms. The summed E-state index contributed by atoms with van der Waals surface area (Å²) >= 11 is 0.